The number of aliphatic hydroxyl groups is 1. The van der Waals surface area contributed by atoms with Gasteiger partial charge in [0.05, 0.1) is 6.10 Å². The number of benzene rings is 3. The van der Waals surface area contributed by atoms with Crippen molar-refractivity contribution in [3.63, 3.8) is 0 Å². The van der Waals surface area contributed by atoms with Gasteiger partial charge in [-0.1, -0.05) is 48.2 Å². The molecule has 180 valence electrons. The zero-order valence-electron chi connectivity index (χ0n) is 19.7. The van der Waals surface area contributed by atoms with Crippen LogP contribution in [0.15, 0.2) is 72.8 Å². The zero-order chi connectivity index (χ0) is 25.2. The molecule has 0 aromatic heterocycles. The largest absolute Gasteiger partial charge is 0.391 e. The van der Waals surface area contributed by atoms with Gasteiger partial charge in [-0.3, -0.25) is 14.8 Å². The Hall–Kier alpha value is -3.96. The van der Waals surface area contributed by atoms with E-state index in [2.05, 4.69) is 41.5 Å². The minimum atomic E-state index is -1.27. The fraction of sp³-hybridized carbons (Fsp3) is 0.214. The first-order valence-electron chi connectivity index (χ1n) is 11.3. The van der Waals surface area contributed by atoms with Crippen LogP contribution < -0.4 is 16.1 Å². The van der Waals surface area contributed by atoms with Crippen LogP contribution in [0.4, 0.5) is 0 Å². The Labute approximate surface area is 205 Å². The Morgan fingerprint density at radius 1 is 0.886 bits per heavy atom. The molecule has 2 amide bonds. The number of hydroxylamine groups is 1. The Bertz CT molecular complexity index is 1210. The molecule has 35 heavy (non-hydrogen) atoms. The number of nitrogens with one attached hydrogen (secondary N) is 3. The highest BCUT2D eigenvalue weighted by atomic mass is 16.5. The van der Waals surface area contributed by atoms with Gasteiger partial charge < -0.3 is 15.7 Å². The van der Waals surface area contributed by atoms with Crippen molar-refractivity contribution in [2.75, 3.05) is 0 Å². The van der Waals surface area contributed by atoms with Gasteiger partial charge in [0.15, 0.2) is 0 Å². The van der Waals surface area contributed by atoms with Gasteiger partial charge in [-0.25, -0.2) is 5.48 Å². The second-order valence-corrected chi connectivity index (χ2v) is 8.22. The molecule has 0 aliphatic heterocycles. The topological polar surface area (TPSA) is 111 Å². The average Bonchev–Trinajstić information content (AvgIpc) is 2.87. The molecule has 0 unspecified atom stereocenters. The molecule has 0 saturated heterocycles. The van der Waals surface area contributed by atoms with Crippen molar-refractivity contribution < 1.29 is 19.9 Å². The number of hydrogen-bond donors (Lipinski definition) is 5. The molecule has 0 spiro atoms. The predicted molar refractivity (Wildman–Crippen MR) is 133 cm³/mol. The lowest BCUT2D eigenvalue weighted by atomic mass is 10.1. The summed E-state index contributed by atoms with van der Waals surface area (Å²) in [6.07, 6.45) is -1.17. The fourth-order valence-electron chi connectivity index (χ4n) is 3.40. The molecule has 0 fully saturated rings. The summed E-state index contributed by atoms with van der Waals surface area (Å²) in [7, 11) is 0. The van der Waals surface area contributed by atoms with E-state index in [1.54, 1.807) is 24.3 Å². The Morgan fingerprint density at radius 3 is 2.06 bits per heavy atom. The van der Waals surface area contributed by atoms with Crippen molar-refractivity contribution in [1.29, 1.82) is 0 Å². The summed E-state index contributed by atoms with van der Waals surface area (Å²) in [4.78, 5) is 23.9. The first-order valence-corrected chi connectivity index (χ1v) is 11.3. The lowest BCUT2D eigenvalue weighted by Gasteiger charge is -2.19. The molecule has 0 aliphatic carbocycles. The molecule has 7 heteroatoms. The van der Waals surface area contributed by atoms with Crippen LogP contribution in [0.25, 0.3) is 0 Å². The van der Waals surface area contributed by atoms with Gasteiger partial charge in [-0.15, -0.1) is 0 Å². The second kappa shape index (κ2) is 12.5. The van der Waals surface area contributed by atoms with E-state index in [0.717, 1.165) is 24.2 Å². The monoisotopic (exact) mass is 471 g/mol. The van der Waals surface area contributed by atoms with Gasteiger partial charge >= 0.3 is 0 Å². The van der Waals surface area contributed by atoms with Crippen molar-refractivity contribution in [3.8, 4) is 11.8 Å². The van der Waals surface area contributed by atoms with Gasteiger partial charge in [-0.05, 0) is 66.9 Å². The van der Waals surface area contributed by atoms with Crippen molar-refractivity contribution in [2.24, 2.45) is 0 Å². The smallest absolute Gasteiger partial charge is 0.268 e. The van der Waals surface area contributed by atoms with E-state index in [1.165, 1.54) is 29.1 Å². The maximum atomic E-state index is 12.3. The number of carbonyl (C=O) groups excluding carboxylic acids is 2. The molecule has 5 N–H and O–H groups in total. The highest BCUT2D eigenvalue weighted by Gasteiger charge is 2.25. The molecule has 0 radical (unpaired) electrons. The van der Waals surface area contributed by atoms with E-state index in [0.29, 0.717) is 5.56 Å². The molecule has 0 saturated carbocycles. The number of aliphatic hydroxyl groups excluding tert-OH is 1. The summed E-state index contributed by atoms with van der Waals surface area (Å²) in [5, 5.41) is 24.2. The quantitative estimate of drug-likeness (QED) is 0.197. The van der Waals surface area contributed by atoms with Crippen molar-refractivity contribution in [2.45, 2.75) is 39.1 Å². The highest BCUT2D eigenvalue weighted by Crippen LogP contribution is 2.09. The third kappa shape index (κ3) is 7.52. The lowest BCUT2D eigenvalue weighted by Crippen LogP contribution is -2.51. The molecule has 2 atom stereocenters. The summed E-state index contributed by atoms with van der Waals surface area (Å²) in [5.41, 5.74) is 7.07. The SMILES string of the molecule is Cc1ccccc1CNCc1ccc(C#Cc2ccc(C(=O)N[C@H](C(=O)NO)[C@@H](C)O)cc2)cc1. The van der Waals surface area contributed by atoms with E-state index in [1.807, 2.05) is 36.4 Å². The predicted octanol–water partition coefficient (Wildman–Crippen LogP) is 2.67. The van der Waals surface area contributed by atoms with Crippen LogP contribution >= 0.6 is 0 Å². The van der Waals surface area contributed by atoms with Crippen LogP contribution in [0.5, 0.6) is 0 Å². The number of carbonyl (C=O) groups is 2. The van der Waals surface area contributed by atoms with Gasteiger partial charge in [0.25, 0.3) is 11.8 Å². The van der Waals surface area contributed by atoms with Gasteiger partial charge in [0.1, 0.15) is 6.04 Å². The van der Waals surface area contributed by atoms with E-state index in [9.17, 15) is 14.7 Å². The number of hydrogen-bond acceptors (Lipinski definition) is 5. The van der Waals surface area contributed by atoms with Crippen LogP contribution in [-0.4, -0.2) is 34.3 Å². The molecule has 7 nitrogen and oxygen atoms in total. The molecular weight excluding hydrogens is 442 g/mol. The first-order chi connectivity index (χ1) is 16.9. The molecule has 3 aromatic carbocycles. The van der Waals surface area contributed by atoms with E-state index >= 15 is 0 Å². The third-order valence-corrected chi connectivity index (χ3v) is 5.52. The lowest BCUT2D eigenvalue weighted by molar-refractivity contribution is -0.133. The normalized spacial score (nSPS) is 12.1. The zero-order valence-corrected chi connectivity index (χ0v) is 19.7. The second-order valence-electron chi connectivity index (χ2n) is 8.22. The maximum Gasteiger partial charge on any atom is 0.268 e. The number of rotatable bonds is 8. The number of amides is 2. The maximum absolute atomic E-state index is 12.3. The molecule has 0 bridgehead atoms. The van der Waals surface area contributed by atoms with Gasteiger partial charge in [0, 0.05) is 29.8 Å². The summed E-state index contributed by atoms with van der Waals surface area (Å²) in [6.45, 7) is 5.03. The molecule has 0 heterocycles. The third-order valence-electron chi connectivity index (χ3n) is 5.52. The molecule has 3 rings (SSSR count). The average molecular weight is 472 g/mol. The van der Waals surface area contributed by atoms with Crippen LogP contribution in [0.2, 0.25) is 0 Å². The van der Waals surface area contributed by atoms with Crippen LogP contribution in [-0.2, 0) is 17.9 Å². The van der Waals surface area contributed by atoms with Crippen molar-refractivity contribution in [1.82, 2.24) is 16.1 Å². The summed E-state index contributed by atoms with van der Waals surface area (Å²) >= 11 is 0. The summed E-state index contributed by atoms with van der Waals surface area (Å²) in [5.74, 6) is 4.73. The molecule has 0 aliphatic rings. The minimum Gasteiger partial charge on any atom is -0.391 e. The Balaban J connectivity index is 1.55. The molecular formula is C28H29N3O4. The highest BCUT2D eigenvalue weighted by molar-refractivity contribution is 5.97. The minimum absolute atomic E-state index is 0.300. The van der Waals surface area contributed by atoms with Crippen LogP contribution in [0.1, 0.15) is 45.1 Å². The van der Waals surface area contributed by atoms with E-state index < -0.39 is 24.0 Å². The standard InChI is InChI=1S/C28H29N3O4/c1-19-5-3-4-6-25(19)18-29-17-23-11-9-21(10-12-23)7-8-22-13-15-24(16-14-22)27(33)30-26(20(2)32)28(34)31-35/h3-6,9-16,20,26,29,32,35H,17-18H2,1-2H3,(H,30,33)(H,31,34)/t20-,26+/m1/s1. The Kier molecular flexibility index (Phi) is 9.16. The number of aryl methyl sites for hydroxylation is 1. The molecule has 3 aromatic rings. The fourth-order valence-corrected chi connectivity index (χ4v) is 3.40. The first kappa shape index (κ1) is 25.7. The van der Waals surface area contributed by atoms with Crippen LogP contribution in [0.3, 0.4) is 0 Å². The summed E-state index contributed by atoms with van der Waals surface area (Å²) in [6, 6.07) is 21.7. The van der Waals surface area contributed by atoms with Crippen molar-refractivity contribution in [3.05, 3.63) is 106 Å². The van der Waals surface area contributed by atoms with Gasteiger partial charge in [0.2, 0.25) is 0 Å². The van der Waals surface area contributed by atoms with Crippen LogP contribution in [0, 0.1) is 18.8 Å². The van der Waals surface area contributed by atoms with E-state index in [4.69, 9.17) is 5.21 Å². The summed E-state index contributed by atoms with van der Waals surface area (Å²) < 4.78 is 0. The Morgan fingerprint density at radius 2 is 1.49 bits per heavy atom. The van der Waals surface area contributed by atoms with E-state index in [-0.39, 0.29) is 0 Å². The van der Waals surface area contributed by atoms with Crippen molar-refractivity contribution >= 4 is 11.8 Å². The van der Waals surface area contributed by atoms with Gasteiger partial charge in [-0.2, -0.15) is 0 Å².